The van der Waals surface area contributed by atoms with E-state index in [1.807, 2.05) is 12.1 Å². The lowest BCUT2D eigenvalue weighted by atomic mass is 10.1. The maximum Gasteiger partial charge on any atom is 0.273 e. The largest absolute Gasteiger partial charge is 0.305 e. The molecule has 0 aliphatic carbocycles. The van der Waals surface area contributed by atoms with Crippen LogP contribution in [0, 0.1) is 0 Å². The van der Waals surface area contributed by atoms with E-state index in [0.717, 1.165) is 5.56 Å². The summed E-state index contributed by atoms with van der Waals surface area (Å²) in [6, 6.07) is 7.14. The number of halogens is 1. The van der Waals surface area contributed by atoms with Gasteiger partial charge in [0, 0.05) is 36.7 Å². The van der Waals surface area contributed by atoms with Gasteiger partial charge in [-0.1, -0.05) is 23.7 Å². The number of carbonyl (C=O) groups excluding carboxylic acids is 2. The molecule has 0 bridgehead atoms. The summed E-state index contributed by atoms with van der Waals surface area (Å²) < 4.78 is 0. The highest BCUT2D eigenvalue weighted by Gasteiger charge is 2.23. The number of benzene rings is 1. The normalized spacial score (nSPS) is 14.3. The predicted molar refractivity (Wildman–Crippen MR) is 90.5 cm³/mol. The van der Waals surface area contributed by atoms with Crippen LogP contribution in [0.4, 0.5) is 5.82 Å². The van der Waals surface area contributed by atoms with Crippen LogP contribution >= 0.6 is 11.6 Å². The smallest absolute Gasteiger partial charge is 0.273 e. The Hall–Kier alpha value is -2.80. The number of aromatic nitrogens is 2. The van der Waals surface area contributed by atoms with Crippen LogP contribution in [0.2, 0.25) is 5.02 Å². The summed E-state index contributed by atoms with van der Waals surface area (Å²) in [6.07, 6.45) is 3.53. The zero-order valence-corrected chi connectivity index (χ0v) is 13.6. The van der Waals surface area contributed by atoms with Gasteiger partial charge in [0.15, 0.2) is 0 Å². The fourth-order valence-corrected chi connectivity index (χ4v) is 2.41. The number of carbonyl (C=O) groups is 2. The van der Waals surface area contributed by atoms with Gasteiger partial charge in [-0.3, -0.25) is 9.59 Å². The first-order chi connectivity index (χ1) is 11.5. The molecule has 7 nitrogen and oxygen atoms in total. The lowest BCUT2D eigenvalue weighted by molar-refractivity contribution is -0.130. The molecule has 2 heterocycles. The standard InChI is InChI=1S/C16H14ClN5O2/c1-22-14(23)7-6-13(21-22)16(24)20-15-12(8-18-9-19-15)10-2-4-11(17)5-3-10/h2-5,8-9H,6-7H2,1H3,(H,18,19,20,24). The molecule has 0 fully saturated rings. The number of amides is 2. The summed E-state index contributed by atoms with van der Waals surface area (Å²) in [7, 11) is 1.53. The van der Waals surface area contributed by atoms with Crippen molar-refractivity contribution < 1.29 is 9.59 Å². The molecule has 1 aliphatic heterocycles. The Labute approximate surface area is 143 Å². The summed E-state index contributed by atoms with van der Waals surface area (Å²) >= 11 is 5.90. The summed E-state index contributed by atoms with van der Waals surface area (Å²) in [6.45, 7) is 0. The predicted octanol–water partition coefficient (Wildman–Crippen LogP) is 2.34. The third-order valence-electron chi connectivity index (χ3n) is 3.57. The van der Waals surface area contributed by atoms with Crippen LogP contribution in [0.3, 0.4) is 0 Å². The van der Waals surface area contributed by atoms with Crippen molar-refractivity contribution in [1.82, 2.24) is 15.0 Å². The van der Waals surface area contributed by atoms with E-state index >= 15 is 0 Å². The van der Waals surface area contributed by atoms with E-state index in [1.54, 1.807) is 18.3 Å². The molecule has 0 spiro atoms. The second kappa shape index (κ2) is 6.76. The van der Waals surface area contributed by atoms with Crippen molar-refractivity contribution >= 4 is 34.9 Å². The highest BCUT2D eigenvalue weighted by Crippen LogP contribution is 2.26. The summed E-state index contributed by atoms with van der Waals surface area (Å²) in [5.41, 5.74) is 1.79. The monoisotopic (exact) mass is 343 g/mol. The molecule has 0 saturated heterocycles. The molecular weight excluding hydrogens is 330 g/mol. The van der Waals surface area contributed by atoms with Gasteiger partial charge in [-0.05, 0) is 17.7 Å². The van der Waals surface area contributed by atoms with Gasteiger partial charge < -0.3 is 5.32 Å². The Balaban J connectivity index is 1.86. The Morgan fingerprint density at radius 2 is 2.00 bits per heavy atom. The van der Waals surface area contributed by atoms with E-state index in [2.05, 4.69) is 20.4 Å². The van der Waals surface area contributed by atoms with E-state index in [1.165, 1.54) is 18.4 Å². The van der Waals surface area contributed by atoms with Gasteiger partial charge >= 0.3 is 0 Å². The van der Waals surface area contributed by atoms with Gasteiger partial charge in [0.25, 0.3) is 5.91 Å². The average molecular weight is 344 g/mol. The van der Waals surface area contributed by atoms with Crippen LogP contribution in [0.5, 0.6) is 0 Å². The van der Waals surface area contributed by atoms with Crippen LogP contribution in [0.25, 0.3) is 11.1 Å². The zero-order chi connectivity index (χ0) is 17.1. The second-order valence-corrected chi connectivity index (χ2v) is 5.65. The fourth-order valence-electron chi connectivity index (χ4n) is 2.28. The molecule has 0 radical (unpaired) electrons. The van der Waals surface area contributed by atoms with Crippen LogP contribution < -0.4 is 5.32 Å². The van der Waals surface area contributed by atoms with Crippen LogP contribution in [-0.4, -0.2) is 39.6 Å². The Bertz CT molecular complexity index is 819. The maximum atomic E-state index is 12.4. The Morgan fingerprint density at radius 3 is 2.71 bits per heavy atom. The molecule has 1 aromatic carbocycles. The minimum Gasteiger partial charge on any atom is -0.305 e. The first kappa shape index (κ1) is 16.1. The molecule has 1 aromatic heterocycles. The van der Waals surface area contributed by atoms with E-state index < -0.39 is 0 Å². The van der Waals surface area contributed by atoms with Crippen molar-refractivity contribution in [3.63, 3.8) is 0 Å². The van der Waals surface area contributed by atoms with Crippen molar-refractivity contribution in [1.29, 1.82) is 0 Å². The van der Waals surface area contributed by atoms with Gasteiger partial charge in [0.2, 0.25) is 5.91 Å². The van der Waals surface area contributed by atoms with Crippen molar-refractivity contribution in [2.24, 2.45) is 5.10 Å². The lowest BCUT2D eigenvalue weighted by Gasteiger charge is -2.19. The lowest BCUT2D eigenvalue weighted by Crippen LogP contribution is -2.34. The van der Waals surface area contributed by atoms with E-state index in [4.69, 9.17) is 11.6 Å². The fraction of sp³-hybridized carbons (Fsp3) is 0.188. The third-order valence-corrected chi connectivity index (χ3v) is 3.82. The van der Waals surface area contributed by atoms with Gasteiger partial charge in [-0.25, -0.2) is 15.0 Å². The van der Waals surface area contributed by atoms with E-state index in [0.29, 0.717) is 22.8 Å². The minimum absolute atomic E-state index is 0.115. The molecule has 8 heteroatoms. The van der Waals surface area contributed by atoms with E-state index in [9.17, 15) is 9.59 Å². The minimum atomic E-state index is -0.386. The summed E-state index contributed by atoms with van der Waals surface area (Å²) in [5.74, 6) is -0.127. The molecule has 2 amide bonds. The molecule has 24 heavy (non-hydrogen) atoms. The van der Waals surface area contributed by atoms with Crippen LogP contribution in [0.1, 0.15) is 12.8 Å². The van der Waals surface area contributed by atoms with Crippen molar-refractivity contribution in [3.05, 3.63) is 41.8 Å². The van der Waals surface area contributed by atoms with Crippen molar-refractivity contribution in [2.75, 3.05) is 12.4 Å². The average Bonchev–Trinajstić information content (AvgIpc) is 2.58. The van der Waals surface area contributed by atoms with Crippen molar-refractivity contribution in [2.45, 2.75) is 12.8 Å². The van der Waals surface area contributed by atoms with Crippen molar-refractivity contribution in [3.8, 4) is 11.1 Å². The van der Waals surface area contributed by atoms with Crippen LogP contribution in [0.15, 0.2) is 41.9 Å². The number of hydrazone groups is 1. The van der Waals surface area contributed by atoms with E-state index in [-0.39, 0.29) is 23.9 Å². The molecule has 0 saturated carbocycles. The zero-order valence-electron chi connectivity index (χ0n) is 12.9. The molecule has 3 rings (SSSR count). The highest BCUT2D eigenvalue weighted by molar-refractivity contribution is 6.43. The Morgan fingerprint density at radius 1 is 1.25 bits per heavy atom. The number of hydrogen-bond acceptors (Lipinski definition) is 5. The molecule has 1 aliphatic rings. The highest BCUT2D eigenvalue weighted by atomic mass is 35.5. The quantitative estimate of drug-likeness (QED) is 0.926. The summed E-state index contributed by atoms with van der Waals surface area (Å²) in [4.78, 5) is 32.0. The molecule has 0 unspecified atom stereocenters. The molecular formula is C16H14ClN5O2. The molecule has 122 valence electrons. The maximum absolute atomic E-state index is 12.4. The van der Waals surface area contributed by atoms with Gasteiger partial charge in [0.05, 0.1) is 0 Å². The number of hydrogen-bond donors (Lipinski definition) is 1. The topological polar surface area (TPSA) is 87.6 Å². The molecule has 2 aromatic rings. The molecule has 0 atom stereocenters. The Kier molecular flexibility index (Phi) is 4.52. The first-order valence-corrected chi connectivity index (χ1v) is 7.63. The summed E-state index contributed by atoms with van der Waals surface area (Å²) in [5, 5.41) is 8.53. The van der Waals surface area contributed by atoms with Gasteiger partial charge in [0.1, 0.15) is 17.9 Å². The number of anilines is 1. The third kappa shape index (κ3) is 3.41. The molecule has 1 N–H and O–H groups in total. The van der Waals surface area contributed by atoms with Gasteiger partial charge in [-0.2, -0.15) is 5.10 Å². The number of nitrogens with zero attached hydrogens (tertiary/aromatic N) is 4. The second-order valence-electron chi connectivity index (χ2n) is 5.21. The number of nitrogens with one attached hydrogen (secondary N) is 1. The number of rotatable bonds is 3. The first-order valence-electron chi connectivity index (χ1n) is 7.26. The SMILES string of the molecule is CN1N=C(C(=O)Nc2ncncc2-c2ccc(Cl)cc2)CCC1=O. The van der Waals surface area contributed by atoms with Gasteiger partial charge in [-0.15, -0.1) is 0 Å². The van der Waals surface area contributed by atoms with Crippen LogP contribution in [-0.2, 0) is 9.59 Å².